The van der Waals surface area contributed by atoms with Gasteiger partial charge in [-0.1, -0.05) is 26.0 Å². The van der Waals surface area contributed by atoms with Crippen LogP contribution in [0.4, 0.5) is 0 Å². The zero-order chi connectivity index (χ0) is 12.0. The molecule has 0 heterocycles. The molecule has 0 bridgehead atoms. The van der Waals surface area contributed by atoms with E-state index < -0.39 is 0 Å². The lowest BCUT2D eigenvalue weighted by Gasteiger charge is -2.13. The molecule has 0 aromatic heterocycles. The molecule has 0 aliphatic heterocycles. The van der Waals surface area contributed by atoms with Gasteiger partial charge in [0, 0.05) is 0 Å². The van der Waals surface area contributed by atoms with Crippen LogP contribution in [-0.4, -0.2) is 13.7 Å². The summed E-state index contributed by atoms with van der Waals surface area (Å²) in [7, 11) is 1.66. The molecule has 0 spiro atoms. The standard InChI is InChI=1S/C14H20O2/c1-5-6-12-7-8-13(14(9-12)15-4)16-10-11(2)3/h5,7-9,11H,1,6,10H2,2-4H3. The highest BCUT2D eigenvalue weighted by Crippen LogP contribution is 2.28. The number of allylic oxidation sites excluding steroid dienone is 1. The molecule has 1 aromatic rings. The van der Waals surface area contributed by atoms with Crippen LogP contribution in [0.25, 0.3) is 0 Å². The number of methoxy groups -OCH3 is 1. The van der Waals surface area contributed by atoms with Crippen molar-refractivity contribution in [2.75, 3.05) is 13.7 Å². The molecule has 0 saturated carbocycles. The Labute approximate surface area is 97.9 Å². The molecule has 88 valence electrons. The van der Waals surface area contributed by atoms with Crippen molar-refractivity contribution < 1.29 is 9.47 Å². The molecule has 0 aliphatic carbocycles. The van der Waals surface area contributed by atoms with Gasteiger partial charge in [0.15, 0.2) is 11.5 Å². The smallest absolute Gasteiger partial charge is 0.161 e. The second-order valence-electron chi connectivity index (χ2n) is 4.18. The van der Waals surface area contributed by atoms with E-state index in [0.29, 0.717) is 12.5 Å². The second-order valence-corrected chi connectivity index (χ2v) is 4.18. The number of hydrogen-bond acceptors (Lipinski definition) is 2. The summed E-state index contributed by atoms with van der Waals surface area (Å²) in [6, 6.07) is 6.00. The van der Waals surface area contributed by atoms with Crippen LogP contribution in [0.1, 0.15) is 19.4 Å². The van der Waals surface area contributed by atoms with Gasteiger partial charge >= 0.3 is 0 Å². The Kier molecular flexibility index (Phi) is 4.90. The molecule has 2 nitrogen and oxygen atoms in total. The number of rotatable bonds is 6. The van der Waals surface area contributed by atoms with Crippen LogP contribution in [0.2, 0.25) is 0 Å². The maximum absolute atomic E-state index is 5.67. The minimum atomic E-state index is 0.512. The van der Waals surface area contributed by atoms with Crippen molar-refractivity contribution in [3.8, 4) is 11.5 Å². The van der Waals surface area contributed by atoms with Crippen molar-refractivity contribution in [3.63, 3.8) is 0 Å². The van der Waals surface area contributed by atoms with E-state index in [1.807, 2.05) is 24.3 Å². The molecular weight excluding hydrogens is 200 g/mol. The Morgan fingerprint density at radius 1 is 1.31 bits per heavy atom. The minimum Gasteiger partial charge on any atom is -0.493 e. The summed E-state index contributed by atoms with van der Waals surface area (Å²) in [5.74, 6) is 2.11. The molecular formula is C14H20O2. The first-order valence-corrected chi connectivity index (χ1v) is 5.58. The fourth-order valence-corrected chi connectivity index (χ4v) is 1.38. The van der Waals surface area contributed by atoms with Crippen LogP contribution in [0.3, 0.4) is 0 Å². The predicted octanol–water partition coefficient (Wildman–Crippen LogP) is 3.46. The van der Waals surface area contributed by atoms with Gasteiger partial charge < -0.3 is 9.47 Å². The summed E-state index contributed by atoms with van der Waals surface area (Å²) >= 11 is 0. The first-order valence-electron chi connectivity index (χ1n) is 5.58. The molecule has 0 radical (unpaired) electrons. The molecule has 0 aliphatic rings. The summed E-state index contributed by atoms with van der Waals surface area (Å²) in [6.45, 7) is 8.67. The van der Waals surface area contributed by atoms with E-state index in [4.69, 9.17) is 9.47 Å². The molecule has 0 fully saturated rings. The molecule has 0 saturated heterocycles. The van der Waals surface area contributed by atoms with Gasteiger partial charge in [-0.15, -0.1) is 6.58 Å². The zero-order valence-corrected chi connectivity index (χ0v) is 10.3. The van der Waals surface area contributed by atoms with Gasteiger partial charge in [-0.25, -0.2) is 0 Å². The highest BCUT2D eigenvalue weighted by atomic mass is 16.5. The van der Waals surface area contributed by atoms with Crippen LogP contribution >= 0.6 is 0 Å². The van der Waals surface area contributed by atoms with Gasteiger partial charge in [0.25, 0.3) is 0 Å². The first kappa shape index (κ1) is 12.6. The molecule has 1 rings (SSSR count). The van der Waals surface area contributed by atoms with E-state index in [0.717, 1.165) is 17.9 Å². The van der Waals surface area contributed by atoms with Crippen molar-refractivity contribution in [1.82, 2.24) is 0 Å². The van der Waals surface area contributed by atoms with E-state index in [2.05, 4.69) is 20.4 Å². The van der Waals surface area contributed by atoms with E-state index >= 15 is 0 Å². The molecule has 1 aromatic carbocycles. The van der Waals surface area contributed by atoms with Crippen molar-refractivity contribution in [1.29, 1.82) is 0 Å². The van der Waals surface area contributed by atoms with E-state index in [9.17, 15) is 0 Å². The molecule has 0 N–H and O–H groups in total. The monoisotopic (exact) mass is 220 g/mol. The van der Waals surface area contributed by atoms with E-state index in [1.165, 1.54) is 5.56 Å². The molecule has 0 atom stereocenters. The maximum Gasteiger partial charge on any atom is 0.161 e. The van der Waals surface area contributed by atoms with Gasteiger partial charge in [0.1, 0.15) is 0 Å². The number of hydrogen-bond donors (Lipinski definition) is 0. The lowest BCUT2D eigenvalue weighted by Crippen LogP contribution is -2.05. The highest BCUT2D eigenvalue weighted by Gasteiger charge is 2.06. The fourth-order valence-electron chi connectivity index (χ4n) is 1.38. The summed E-state index contributed by atoms with van der Waals surface area (Å²) in [6.07, 6.45) is 2.73. The van der Waals surface area contributed by atoms with E-state index in [1.54, 1.807) is 7.11 Å². The summed E-state index contributed by atoms with van der Waals surface area (Å²) in [4.78, 5) is 0. The van der Waals surface area contributed by atoms with Crippen LogP contribution in [0, 0.1) is 5.92 Å². The average Bonchev–Trinajstić information content (AvgIpc) is 2.27. The Hall–Kier alpha value is -1.44. The van der Waals surface area contributed by atoms with E-state index in [-0.39, 0.29) is 0 Å². The largest absolute Gasteiger partial charge is 0.493 e. The molecule has 0 unspecified atom stereocenters. The third-order valence-electron chi connectivity index (χ3n) is 2.18. The Morgan fingerprint density at radius 2 is 2.06 bits per heavy atom. The first-order chi connectivity index (χ1) is 7.67. The van der Waals surface area contributed by atoms with Crippen LogP contribution in [0.5, 0.6) is 11.5 Å². The molecule has 16 heavy (non-hydrogen) atoms. The lowest BCUT2D eigenvalue weighted by atomic mass is 10.1. The lowest BCUT2D eigenvalue weighted by molar-refractivity contribution is 0.257. The minimum absolute atomic E-state index is 0.512. The van der Waals surface area contributed by atoms with Crippen molar-refractivity contribution >= 4 is 0 Å². The highest BCUT2D eigenvalue weighted by molar-refractivity contribution is 5.43. The zero-order valence-electron chi connectivity index (χ0n) is 10.3. The SMILES string of the molecule is C=CCc1ccc(OCC(C)C)c(OC)c1. The quantitative estimate of drug-likeness (QED) is 0.683. The van der Waals surface area contributed by atoms with Crippen molar-refractivity contribution in [3.05, 3.63) is 36.4 Å². The van der Waals surface area contributed by atoms with Crippen LogP contribution in [0.15, 0.2) is 30.9 Å². The average molecular weight is 220 g/mol. The van der Waals surface area contributed by atoms with Gasteiger partial charge in [-0.2, -0.15) is 0 Å². The van der Waals surface area contributed by atoms with Crippen LogP contribution in [-0.2, 0) is 6.42 Å². The third kappa shape index (κ3) is 3.61. The number of ether oxygens (including phenoxy) is 2. The predicted molar refractivity (Wildman–Crippen MR) is 67.2 cm³/mol. The van der Waals surface area contributed by atoms with Gasteiger partial charge in [0.2, 0.25) is 0 Å². The van der Waals surface area contributed by atoms with Gasteiger partial charge in [-0.05, 0) is 30.0 Å². The summed E-state index contributed by atoms with van der Waals surface area (Å²) in [5.41, 5.74) is 1.18. The Balaban J connectivity index is 2.79. The Morgan fingerprint density at radius 3 is 2.62 bits per heavy atom. The summed E-state index contributed by atoms with van der Waals surface area (Å²) < 4.78 is 11.0. The maximum atomic E-state index is 5.67. The Bertz CT molecular complexity index is 343. The molecule has 0 amide bonds. The van der Waals surface area contributed by atoms with Gasteiger partial charge in [-0.3, -0.25) is 0 Å². The van der Waals surface area contributed by atoms with Crippen molar-refractivity contribution in [2.45, 2.75) is 20.3 Å². The van der Waals surface area contributed by atoms with Crippen LogP contribution < -0.4 is 9.47 Å². The third-order valence-corrected chi connectivity index (χ3v) is 2.18. The fraction of sp³-hybridized carbons (Fsp3) is 0.429. The van der Waals surface area contributed by atoms with Crippen molar-refractivity contribution in [2.24, 2.45) is 5.92 Å². The summed E-state index contributed by atoms with van der Waals surface area (Å²) in [5, 5.41) is 0. The molecule has 2 heteroatoms. The normalized spacial score (nSPS) is 10.2. The second kappa shape index (κ2) is 6.21. The topological polar surface area (TPSA) is 18.5 Å². The number of benzene rings is 1. The van der Waals surface area contributed by atoms with Gasteiger partial charge in [0.05, 0.1) is 13.7 Å².